The van der Waals surface area contributed by atoms with Crippen molar-refractivity contribution in [3.8, 4) is 28.6 Å². The van der Waals surface area contributed by atoms with Gasteiger partial charge in [0.25, 0.3) is 11.5 Å². The molecule has 2 aliphatic rings. The van der Waals surface area contributed by atoms with Crippen LogP contribution in [0.3, 0.4) is 0 Å². The van der Waals surface area contributed by atoms with Gasteiger partial charge in [0.1, 0.15) is 34.6 Å². The third-order valence-corrected chi connectivity index (χ3v) is 9.14. The molecule has 6 aromatic rings. The molecule has 1 fully saturated rings. The second-order valence-corrected chi connectivity index (χ2v) is 12.6. The van der Waals surface area contributed by atoms with Crippen molar-refractivity contribution in [2.45, 2.75) is 31.6 Å². The number of nitrogens with one attached hydrogen (secondary N) is 1. The quantitative estimate of drug-likeness (QED) is 0.181. The summed E-state index contributed by atoms with van der Waals surface area (Å²) >= 11 is 0. The van der Waals surface area contributed by atoms with E-state index in [1.54, 1.807) is 41.2 Å². The molecule has 0 bridgehead atoms. The summed E-state index contributed by atoms with van der Waals surface area (Å²) in [5, 5.41) is 7.72. The maximum atomic E-state index is 13.4. The number of piperidine rings is 1. The lowest BCUT2D eigenvalue weighted by Crippen LogP contribution is -2.34. The van der Waals surface area contributed by atoms with E-state index in [1.165, 1.54) is 47.4 Å². The molecule has 0 spiro atoms. The molecule has 260 valence electrons. The molecule has 2 aromatic carbocycles. The number of furan rings is 1. The van der Waals surface area contributed by atoms with E-state index in [-0.39, 0.29) is 23.3 Å². The number of likely N-dealkylation sites (tertiary alicyclic amines) is 1. The summed E-state index contributed by atoms with van der Waals surface area (Å²) in [6.07, 6.45) is 15.7. The molecule has 1 aliphatic heterocycles. The second-order valence-electron chi connectivity index (χ2n) is 12.6. The molecule has 1 aliphatic carbocycles. The Kier molecular flexibility index (Phi) is 8.51. The van der Waals surface area contributed by atoms with Crippen LogP contribution in [-0.2, 0) is 11.8 Å². The van der Waals surface area contributed by atoms with Gasteiger partial charge in [0, 0.05) is 61.0 Å². The molecule has 8 rings (SSSR count). The molecule has 13 heteroatoms. The Labute approximate surface area is 296 Å². The van der Waals surface area contributed by atoms with Crippen LogP contribution in [-0.4, -0.2) is 47.6 Å². The van der Waals surface area contributed by atoms with Gasteiger partial charge in [-0.1, -0.05) is 12.2 Å². The first-order valence-electron chi connectivity index (χ1n) is 16.8. The smallest absolute Gasteiger partial charge is 0.267 e. The van der Waals surface area contributed by atoms with Crippen LogP contribution < -0.4 is 15.6 Å². The van der Waals surface area contributed by atoms with Crippen LogP contribution in [0, 0.1) is 5.82 Å². The number of benzene rings is 2. The number of fused-ring (bicyclic) bond motifs is 1. The number of ether oxygens (including phenoxy) is 1. The molecule has 2 amide bonds. The van der Waals surface area contributed by atoms with Gasteiger partial charge in [0.05, 0.1) is 11.8 Å². The third kappa shape index (κ3) is 6.28. The SMILES string of the molecule is Cn1cc(-c2oc3ncnc(Oc4ccc(NC(=O)c5cccn(-c6ccc(F)cc6)c5=O)cc4)c3c2C2C=C(N3CCCCC3=O)C=CC2)cn1. The van der Waals surface area contributed by atoms with Gasteiger partial charge in [-0.15, -0.1) is 0 Å². The van der Waals surface area contributed by atoms with Crippen molar-refractivity contribution in [3.05, 3.63) is 137 Å². The summed E-state index contributed by atoms with van der Waals surface area (Å²) in [6, 6.07) is 15.1. The van der Waals surface area contributed by atoms with Gasteiger partial charge in [-0.05, 0) is 86.0 Å². The number of hydrogen-bond acceptors (Lipinski definition) is 8. The predicted octanol–water partition coefficient (Wildman–Crippen LogP) is 6.90. The van der Waals surface area contributed by atoms with Crippen molar-refractivity contribution in [2.24, 2.45) is 7.05 Å². The molecule has 1 saturated heterocycles. The Morgan fingerprint density at radius 2 is 1.87 bits per heavy atom. The highest BCUT2D eigenvalue weighted by Gasteiger charge is 2.30. The Balaban J connectivity index is 1.09. The number of pyridine rings is 1. The van der Waals surface area contributed by atoms with Crippen molar-refractivity contribution in [3.63, 3.8) is 0 Å². The Morgan fingerprint density at radius 3 is 2.63 bits per heavy atom. The van der Waals surface area contributed by atoms with Crippen LogP contribution in [0.15, 0.2) is 119 Å². The fourth-order valence-corrected chi connectivity index (χ4v) is 6.62. The minimum absolute atomic E-state index is 0.0770. The lowest BCUT2D eigenvalue weighted by atomic mass is 9.88. The third-order valence-electron chi connectivity index (χ3n) is 9.14. The number of rotatable bonds is 8. The topological polar surface area (TPSA) is 137 Å². The van der Waals surface area contributed by atoms with Crippen molar-refractivity contribution >= 4 is 28.6 Å². The van der Waals surface area contributed by atoms with Crippen LogP contribution >= 0.6 is 0 Å². The van der Waals surface area contributed by atoms with Crippen molar-refractivity contribution < 1.29 is 23.1 Å². The lowest BCUT2D eigenvalue weighted by molar-refractivity contribution is -0.130. The fourth-order valence-electron chi connectivity index (χ4n) is 6.62. The number of allylic oxidation sites excluding steroid dienone is 3. The minimum atomic E-state index is -0.598. The van der Waals surface area contributed by atoms with E-state index in [2.05, 4.69) is 32.5 Å². The molecule has 5 heterocycles. The van der Waals surface area contributed by atoms with E-state index in [4.69, 9.17) is 9.15 Å². The summed E-state index contributed by atoms with van der Waals surface area (Å²) in [4.78, 5) is 49.9. The molecule has 0 radical (unpaired) electrons. The molecular formula is C39H32FN7O5. The first-order chi connectivity index (χ1) is 25.3. The maximum Gasteiger partial charge on any atom is 0.267 e. The summed E-state index contributed by atoms with van der Waals surface area (Å²) in [5.41, 5.74) is 3.04. The number of anilines is 1. The van der Waals surface area contributed by atoms with Gasteiger partial charge < -0.3 is 19.4 Å². The number of halogens is 1. The van der Waals surface area contributed by atoms with Gasteiger partial charge in [-0.3, -0.25) is 23.6 Å². The Morgan fingerprint density at radius 1 is 1.04 bits per heavy atom. The molecular weight excluding hydrogens is 665 g/mol. The number of hydrogen-bond donors (Lipinski definition) is 1. The normalized spacial score (nSPS) is 15.9. The fraction of sp³-hybridized carbons (Fsp3) is 0.179. The molecule has 1 atom stereocenters. The molecule has 12 nitrogen and oxygen atoms in total. The number of carbonyl (C=O) groups is 2. The number of aromatic nitrogens is 5. The zero-order valence-electron chi connectivity index (χ0n) is 28.0. The first kappa shape index (κ1) is 32.6. The highest BCUT2D eigenvalue weighted by molar-refractivity contribution is 6.04. The van der Waals surface area contributed by atoms with Crippen molar-refractivity contribution in [2.75, 3.05) is 11.9 Å². The second kappa shape index (κ2) is 13.6. The Hall–Kier alpha value is -6.63. The zero-order valence-corrected chi connectivity index (χ0v) is 28.0. The molecule has 1 unspecified atom stereocenters. The van der Waals surface area contributed by atoms with Gasteiger partial charge in [-0.2, -0.15) is 5.10 Å². The van der Waals surface area contributed by atoms with E-state index in [0.29, 0.717) is 53.4 Å². The number of carbonyl (C=O) groups excluding carboxylic acids is 2. The first-order valence-corrected chi connectivity index (χ1v) is 16.8. The average Bonchev–Trinajstić information content (AvgIpc) is 3.77. The Bertz CT molecular complexity index is 2440. The number of nitrogens with zero attached hydrogens (tertiary/aromatic N) is 6. The number of amides is 2. The lowest BCUT2D eigenvalue weighted by Gasteiger charge is -2.30. The van der Waals surface area contributed by atoms with E-state index < -0.39 is 17.3 Å². The molecule has 52 heavy (non-hydrogen) atoms. The molecule has 0 saturated carbocycles. The van der Waals surface area contributed by atoms with Crippen molar-refractivity contribution in [1.29, 1.82) is 0 Å². The minimum Gasteiger partial charge on any atom is -0.438 e. The van der Waals surface area contributed by atoms with Gasteiger partial charge >= 0.3 is 0 Å². The molecule has 4 aromatic heterocycles. The maximum absolute atomic E-state index is 13.4. The van der Waals surface area contributed by atoms with E-state index in [0.717, 1.165) is 29.7 Å². The summed E-state index contributed by atoms with van der Waals surface area (Å²) in [6.45, 7) is 0.677. The van der Waals surface area contributed by atoms with Crippen LogP contribution in [0.2, 0.25) is 0 Å². The molecule has 1 N–H and O–H groups in total. The predicted molar refractivity (Wildman–Crippen MR) is 191 cm³/mol. The van der Waals surface area contributed by atoms with E-state index in [1.807, 2.05) is 24.2 Å². The summed E-state index contributed by atoms with van der Waals surface area (Å²) < 4.78 is 29.1. The zero-order chi connectivity index (χ0) is 35.8. The van der Waals surface area contributed by atoms with Crippen molar-refractivity contribution in [1.82, 2.24) is 29.2 Å². The summed E-state index contributed by atoms with van der Waals surface area (Å²) in [5.74, 6) is 0.213. The highest BCUT2D eigenvalue weighted by Crippen LogP contribution is 2.45. The van der Waals surface area contributed by atoms with Crippen LogP contribution in [0.1, 0.15) is 47.5 Å². The van der Waals surface area contributed by atoms with Gasteiger partial charge in [-0.25, -0.2) is 14.4 Å². The van der Waals surface area contributed by atoms with Crippen LogP contribution in [0.4, 0.5) is 10.1 Å². The van der Waals surface area contributed by atoms with E-state index >= 15 is 0 Å². The summed E-state index contributed by atoms with van der Waals surface area (Å²) in [7, 11) is 1.83. The highest BCUT2D eigenvalue weighted by atomic mass is 19.1. The average molecular weight is 698 g/mol. The van der Waals surface area contributed by atoms with Crippen LogP contribution in [0.5, 0.6) is 11.6 Å². The monoisotopic (exact) mass is 697 g/mol. The van der Waals surface area contributed by atoms with Gasteiger partial charge in [0.15, 0.2) is 0 Å². The van der Waals surface area contributed by atoms with Gasteiger partial charge in [0.2, 0.25) is 17.5 Å². The standard InChI is InChI=1S/C39H32FN7O5/c1-45-22-25(21-43-45)35-33(24-6-4-7-29(20-24)46-18-3-2-9-32(46)48)34-37(41-23-42-38(34)52-35)51-30-16-12-27(13-17-30)44-36(49)31-8-5-19-47(39(31)50)28-14-10-26(40)11-15-28/h4-5,7-8,10-17,19-24H,2-3,6,9,18H2,1H3,(H,44,49). The number of aryl methyl sites for hydroxylation is 1. The van der Waals surface area contributed by atoms with E-state index in [9.17, 15) is 18.8 Å². The largest absolute Gasteiger partial charge is 0.438 e. The van der Waals surface area contributed by atoms with Crippen LogP contribution in [0.25, 0.3) is 28.1 Å².